The van der Waals surface area contributed by atoms with Crippen LogP contribution in [0.15, 0.2) is 24.3 Å². The van der Waals surface area contributed by atoms with Crippen molar-refractivity contribution in [1.82, 2.24) is 0 Å². The van der Waals surface area contributed by atoms with Crippen molar-refractivity contribution in [1.29, 1.82) is 0 Å². The summed E-state index contributed by atoms with van der Waals surface area (Å²) in [5.41, 5.74) is -0.501. The van der Waals surface area contributed by atoms with Gasteiger partial charge in [0, 0.05) is 25.9 Å². The van der Waals surface area contributed by atoms with Crippen molar-refractivity contribution in [3.05, 3.63) is 29.8 Å². The van der Waals surface area contributed by atoms with Gasteiger partial charge in [0.2, 0.25) is 0 Å². The average molecular weight is 233 g/mol. The van der Waals surface area contributed by atoms with Gasteiger partial charge in [-0.2, -0.15) is 13.2 Å². The number of halogens is 3. The molecule has 16 heavy (non-hydrogen) atoms. The lowest BCUT2D eigenvalue weighted by atomic mass is 10.1. The number of rotatable bonds is 4. The number of alkyl halides is 3. The van der Waals surface area contributed by atoms with Gasteiger partial charge in [-0.05, 0) is 18.6 Å². The summed E-state index contributed by atoms with van der Waals surface area (Å²) in [5.74, 6) is 0. The SMILES string of the molecule is CN(CCCO)c1ccccc1C(F)(F)F. The van der Waals surface area contributed by atoms with E-state index in [-0.39, 0.29) is 12.3 Å². The molecule has 0 atom stereocenters. The van der Waals surface area contributed by atoms with E-state index >= 15 is 0 Å². The molecule has 0 aliphatic rings. The Morgan fingerprint density at radius 1 is 1.25 bits per heavy atom. The Bertz CT molecular complexity index is 338. The maximum Gasteiger partial charge on any atom is 0.418 e. The van der Waals surface area contributed by atoms with E-state index in [0.717, 1.165) is 6.07 Å². The molecule has 0 fully saturated rings. The molecule has 0 saturated heterocycles. The van der Waals surface area contributed by atoms with Crippen molar-refractivity contribution in [3.63, 3.8) is 0 Å². The molecule has 0 saturated carbocycles. The molecule has 0 amide bonds. The van der Waals surface area contributed by atoms with Crippen LogP contribution in [0.4, 0.5) is 18.9 Å². The van der Waals surface area contributed by atoms with Crippen LogP contribution in [0.3, 0.4) is 0 Å². The van der Waals surface area contributed by atoms with Crippen LogP contribution < -0.4 is 4.90 Å². The minimum Gasteiger partial charge on any atom is -0.396 e. The molecule has 0 aliphatic carbocycles. The van der Waals surface area contributed by atoms with Gasteiger partial charge in [-0.15, -0.1) is 0 Å². The van der Waals surface area contributed by atoms with E-state index in [0.29, 0.717) is 13.0 Å². The molecule has 1 rings (SSSR count). The van der Waals surface area contributed by atoms with E-state index in [2.05, 4.69) is 0 Å². The van der Waals surface area contributed by atoms with Gasteiger partial charge in [0.25, 0.3) is 0 Å². The Balaban J connectivity index is 2.94. The van der Waals surface area contributed by atoms with Crippen molar-refractivity contribution in [2.45, 2.75) is 12.6 Å². The number of hydrogen-bond acceptors (Lipinski definition) is 2. The van der Waals surface area contributed by atoms with Crippen molar-refractivity contribution < 1.29 is 18.3 Å². The molecule has 0 aliphatic heterocycles. The van der Waals surface area contributed by atoms with Crippen LogP contribution in [0.25, 0.3) is 0 Å². The molecule has 0 unspecified atom stereocenters. The van der Waals surface area contributed by atoms with Crippen LogP contribution in [0.2, 0.25) is 0 Å². The predicted octanol–water partition coefficient (Wildman–Crippen LogP) is 2.52. The number of anilines is 1. The largest absolute Gasteiger partial charge is 0.418 e. The van der Waals surface area contributed by atoms with E-state index in [4.69, 9.17) is 5.11 Å². The highest BCUT2D eigenvalue weighted by atomic mass is 19.4. The van der Waals surface area contributed by atoms with Crippen LogP contribution in [0, 0.1) is 0 Å². The van der Waals surface area contributed by atoms with Crippen molar-refractivity contribution in [3.8, 4) is 0 Å². The van der Waals surface area contributed by atoms with Gasteiger partial charge in [-0.1, -0.05) is 12.1 Å². The van der Waals surface area contributed by atoms with E-state index in [9.17, 15) is 13.2 Å². The summed E-state index contributed by atoms with van der Waals surface area (Å²) in [6.45, 7) is 0.363. The Morgan fingerprint density at radius 2 is 1.88 bits per heavy atom. The Hall–Kier alpha value is -1.23. The lowest BCUT2D eigenvalue weighted by molar-refractivity contribution is -0.137. The molecule has 90 valence electrons. The minimum absolute atomic E-state index is 0.0292. The quantitative estimate of drug-likeness (QED) is 0.863. The highest BCUT2D eigenvalue weighted by Gasteiger charge is 2.33. The monoisotopic (exact) mass is 233 g/mol. The standard InChI is InChI=1S/C11H14F3NO/c1-15(7-4-8-16)10-6-3-2-5-9(10)11(12,13)14/h2-3,5-6,16H,4,7-8H2,1H3. The van der Waals surface area contributed by atoms with Crippen molar-refractivity contribution in [2.24, 2.45) is 0 Å². The highest BCUT2D eigenvalue weighted by Crippen LogP contribution is 2.35. The summed E-state index contributed by atoms with van der Waals surface area (Å²) in [4.78, 5) is 1.50. The second kappa shape index (κ2) is 5.21. The molecule has 0 heterocycles. The lowest BCUT2D eigenvalue weighted by Crippen LogP contribution is -2.23. The smallest absolute Gasteiger partial charge is 0.396 e. The Morgan fingerprint density at radius 3 is 2.44 bits per heavy atom. The Labute approximate surface area is 92.3 Å². The topological polar surface area (TPSA) is 23.5 Å². The van der Waals surface area contributed by atoms with Crippen LogP contribution in [0.5, 0.6) is 0 Å². The fraction of sp³-hybridized carbons (Fsp3) is 0.455. The number of para-hydroxylation sites is 1. The zero-order valence-corrected chi connectivity index (χ0v) is 8.96. The maximum absolute atomic E-state index is 12.7. The van der Waals surface area contributed by atoms with Gasteiger partial charge in [0.1, 0.15) is 0 Å². The molecule has 0 bridgehead atoms. The molecule has 1 aromatic carbocycles. The maximum atomic E-state index is 12.7. The Kier molecular flexibility index (Phi) is 4.18. The van der Waals surface area contributed by atoms with E-state index in [1.807, 2.05) is 0 Å². The van der Waals surface area contributed by atoms with Gasteiger partial charge < -0.3 is 10.0 Å². The minimum atomic E-state index is -4.34. The van der Waals surface area contributed by atoms with Crippen LogP contribution in [0.1, 0.15) is 12.0 Å². The lowest BCUT2D eigenvalue weighted by Gasteiger charge is -2.23. The van der Waals surface area contributed by atoms with Crippen LogP contribution in [-0.2, 0) is 6.18 Å². The molecule has 0 aromatic heterocycles. The zero-order chi connectivity index (χ0) is 12.2. The molecule has 2 nitrogen and oxygen atoms in total. The first kappa shape index (κ1) is 12.8. The summed E-state index contributed by atoms with van der Waals surface area (Å²) in [7, 11) is 1.58. The van der Waals surface area contributed by atoms with Gasteiger partial charge in [-0.3, -0.25) is 0 Å². The summed E-state index contributed by atoms with van der Waals surface area (Å²) in [5, 5.41) is 8.64. The van der Waals surface area contributed by atoms with Gasteiger partial charge in [-0.25, -0.2) is 0 Å². The van der Waals surface area contributed by atoms with Crippen molar-refractivity contribution >= 4 is 5.69 Å². The fourth-order valence-corrected chi connectivity index (χ4v) is 1.47. The normalized spacial score (nSPS) is 11.6. The molecule has 5 heteroatoms. The summed E-state index contributed by atoms with van der Waals surface area (Å²) < 4.78 is 38.0. The molecular weight excluding hydrogens is 219 g/mol. The zero-order valence-electron chi connectivity index (χ0n) is 8.96. The molecule has 0 radical (unpaired) electrons. The van der Waals surface area contributed by atoms with E-state index in [1.54, 1.807) is 13.1 Å². The third-order valence-electron chi connectivity index (χ3n) is 2.27. The summed E-state index contributed by atoms with van der Waals surface area (Å²) >= 11 is 0. The number of aliphatic hydroxyl groups excluding tert-OH is 1. The summed E-state index contributed by atoms with van der Waals surface area (Å²) in [6, 6.07) is 5.43. The highest BCUT2D eigenvalue weighted by molar-refractivity contribution is 5.54. The van der Waals surface area contributed by atoms with E-state index < -0.39 is 11.7 Å². The first-order chi connectivity index (χ1) is 7.46. The number of aliphatic hydroxyl groups is 1. The molecule has 0 spiro atoms. The number of hydrogen-bond donors (Lipinski definition) is 1. The van der Waals surface area contributed by atoms with Crippen molar-refractivity contribution in [2.75, 3.05) is 25.1 Å². The van der Waals surface area contributed by atoms with E-state index in [1.165, 1.54) is 17.0 Å². The first-order valence-corrected chi connectivity index (χ1v) is 4.95. The third kappa shape index (κ3) is 3.13. The fourth-order valence-electron chi connectivity index (χ4n) is 1.47. The predicted molar refractivity (Wildman–Crippen MR) is 56.4 cm³/mol. The average Bonchev–Trinajstić information content (AvgIpc) is 2.24. The third-order valence-corrected chi connectivity index (χ3v) is 2.27. The number of benzene rings is 1. The molecular formula is C11H14F3NO. The number of nitrogens with zero attached hydrogens (tertiary/aromatic N) is 1. The van der Waals surface area contributed by atoms with Gasteiger partial charge in [0.05, 0.1) is 5.56 Å². The first-order valence-electron chi connectivity index (χ1n) is 4.95. The second-order valence-corrected chi connectivity index (χ2v) is 3.51. The molecule has 1 aromatic rings. The van der Waals surface area contributed by atoms with Gasteiger partial charge in [0.15, 0.2) is 0 Å². The summed E-state index contributed by atoms with van der Waals surface area (Å²) in [6.07, 6.45) is -3.90. The van der Waals surface area contributed by atoms with Crippen LogP contribution >= 0.6 is 0 Å². The second-order valence-electron chi connectivity index (χ2n) is 3.51. The molecule has 1 N–H and O–H groups in total. The van der Waals surface area contributed by atoms with Crippen LogP contribution in [-0.4, -0.2) is 25.3 Å². The van der Waals surface area contributed by atoms with Gasteiger partial charge >= 0.3 is 6.18 Å².